The zero-order valence-electron chi connectivity index (χ0n) is 13.4. The molecule has 1 aliphatic carbocycles. The van der Waals surface area contributed by atoms with Gasteiger partial charge in [-0.15, -0.1) is 0 Å². The van der Waals surface area contributed by atoms with Crippen molar-refractivity contribution in [1.82, 2.24) is 10.0 Å². The molecule has 2 aromatic rings. The van der Waals surface area contributed by atoms with Crippen molar-refractivity contribution in [2.24, 2.45) is 0 Å². The van der Waals surface area contributed by atoms with Gasteiger partial charge in [0, 0.05) is 6.04 Å². The Morgan fingerprint density at radius 2 is 2.04 bits per heavy atom. The first-order valence-corrected chi connectivity index (χ1v) is 10.0. The fourth-order valence-corrected chi connectivity index (χ4v) is 4.42. The number of sulfonamides is 1. The van der Waals surface area contributed by atoms with Crippen molar-refractivity contribution >= 4 is 39.1 Å². The number of aliphatic hydroxyl groups is 1. The van der Waals surface area contributed by atoms with E-state index in [9.17, 15) is 18.3 Å². The van der Waals surface area contributed by atoms with E-state index in [1.165, 1.54) is 12.3 Å². The molecule has 0 saturated heterocycles. The maximum atomic E-state index is 12.4. The van der Waals surface area contributed by atoms with Gasteiger partial charge in [-0.25, -0.2) is 13.1 Å². The van der Waals surface area contributed by atoms with Gasteiger partial charge in [0.25, 0.3) is 5.91 Å². The maximum absolute atomic E-state index is 12.4. The minimum Gasteiger partial charge on any atom is -0.467 e. The van der Waals surface area contributed by atoms with Crippen molar-refractivity contribution < 1.29 is 22.7 Å². The monoisotopic (exact) mass is 418 g/mol. The average molecular weight is 419 g/mol. The molecule has 1 atom stereocenters. The van der Waals surface area contributed by atoms with Crippen molar-refractivity contribution in [3.63, 3.8) is 0 Å². The summed E-state index contributed by atoms with van der Waals surface area (Å²) in [4.78, 5) is 12.2. The smallest absolute Gasteiger partial charge is 0.252 e. The van der Waals surface area contributed by atoms with E-state index in [0.717, 1.165) is 18.9 Å². The van der Waals surface area contributed by atoms with Crippen molar-refractivity contribution in [3.05, 3.63) is 51.9 Å². The third kappa shape index (κ3) is 4.39. The number of benzene rings is 1. The Hall–Kier alpha value is -1.58. The van der Waals surface area contributed by atoms with E-state index in [1.54, 1.807) is 12.1 Å². The van der Waals surface area contributed by atoms with Crippen LogP contribution in [0.15, 0.2) is 39.8 Å². The fourth-order valence-electron chi connectivity index (χ4n) is 2.26. The second kappa shape index (κ2) is 7.58. The summed E-state index contributed by atoms with van der Waals surface area (Å²) >= 11 is 12.0. The molecule has 3 N–H and O–H groups in total. The van der Waals surface area contributed by atoms with E-state index in [-0.39, 0.29) is 33.1 Å². The molecular weight excluding hydrogens is 403 g/mol. The number of nitrogens with one attached hydrogen (secondary N) is 2. The van der Waals surface area contributed by atoms with Crippen LogP contribution >= 0.6 is 23.2 Å². The van der Waals surface area contributed by atoms with Crippen molar-refractivity contribution in [2.45, 2.75) is 29.9 Å². The number of hydrogen-bond donors (Lipinski definition) is 3. The molecule has 1 aromatic carbocycles. The van der Waals surface area contributed by atoms with E-state index in [4.69, 9.17) is 27.6 Å². The molecule has 1 unspecified atom stereocenters. The van der Waals surface area contributed by atoms with Gasteiger partial charge in [-0.1, -0.05) is 23.2 Å². The lowest BCUT2D eigenvalue weighted by Crippen LogP contribution is -2.29. The first-order chi connectivity index (χ1) is 12.3. The second-order valence-electron chi connectivity index (χ2n) is 5.90. The summed E-state index contributed by atoms with van der Waals surface area (Å²) in [6, 6.07) is 5.42. The van der Waals surface area contributed by atoms with Crippen LogP contribution in [0.25, 0.3) is 0 Å². The Labute approximate surface area is 160 Å². The molecule has 3 rings (SSSR count). The first kappa shape index (κ1) is 19.2. The van der Waals surface area contributed by atoms with E-state index in [0.29, 0.717) is 5.76 Å². The Morgan fingerprint density at radius 1 is 1.31 bits per heavy atom. The number of amides is 1. The number of rotatable bonds is 7. The minimum atomic E-state index is -3.85. The maximum Gasteiger partial charge on any atom is 0.252 e. The van der Waals surface area contributed by atoms with Gasteiger partial charge in [-0.3, -0.25) is 4.79 Å². The molecule has 1 amide bonds. The number of carbonyl (C=O) groups excluding carboxylic acids is 1. The zero-order chi connectivity index (χ0) is 18.9. The molecule has 0 radical (unpaired) electrons. The zero-order valence-corrected chi connectivity index (χ0v) is 15.7. The van der Waals surface area contributed by atoms with Crippen LogP contribution in [0.2, 0.25) is 10.0 Å². The van der Waals surface area contributed by atoms with Gasteiger partial charge in [0.15, 0.2) is 0 Å². The summed E-state index contributed by atoms with van der Waals surface area (Å²) in [5.74, 6) is -0.343. The van der Waals surface area contributed by atoms with Gasteiger partial charge in [0.2, 0.25) is 10.0 Å². The standard InChI is InChI=1S/C16H16Cl2N2O5S/c17-11-7-12(18)15(26(23,24)20-9-3-4-9)6-10(11)16(22)19-8-13(21)14-2-1-5-25-14/h1-2,5-7,9,13,20-21H,3-4,8H2,(H,19,22). The second-order valence-corrected chi connectivity index (χ2v) is 8.40. The van der Waals surface area contributed by atoms with E-state index in [2.05, 4.69) is 10.0 Å². The molecule has 0 bridgehead atoms. The fraction of sp³-hybridized carbons (Fsp3) is 0.312. The lowest BCUT2D eigenvalue weighted by Gasteiger charge is -2.13. The van der Waals surface area contributed by atoms with Gasteiger partial charge in [0.05, 0.1) is 28.4 Å². The van der Waals surface area contributed by atoms with Crippen LogP contribution in [0.5, 0.6) is 0 Å². The van der Waals surface area contributed by atoms with Crippen LogP contribution in [0.4, 0.5) is 0 Å². The SMILES string of the molecule is O=C(NCC(O)c1ccco1)c1cc(S(=O)(=O)NC2CC2)c(Cl)cc1Cl. The molecule has 0 spiro atoms. The highest BCUT2D eigenvalue weighted by atomic mass is 35.5. The van der Waals surface area contributed by atoms with Crippen LogP contribution in [0, 0.1) is 0 Å². The highest BCUT2D eigenvalue weighted by Gasteiger charge is 2.30. The predicted octanol–water partition coefficient (Wildman–Crippen LogP) is 2.49. The quantitative estimate of drug-likeness (QED) is 0.639. The number of furan rings is 1. The third-order valence-corrected chi connectivity index (χ3v) is 6.08. The van der Waals surface area contributed by atoms with Crippen molar-refractivity contribution in [2.75, 3.05) is 6.54 Å². The largest absolute Gasteiger partial charge is 0.467 e. The molecule has 1 aliphatic rings. The molecule has 10 heteroatoms. The Balaban J connectivity index is 1.78. The summed E-state index contributed by atoms with van der Waals surface area (Å²) in [5, 5.41) is 12.4. The Kier molecular flexibility index (Phi) is 5.59. The Bertz CT molecular complexity index is 911. The van der Waals surface area contributed by atoms with Crippen molar-refractivity contribution in [3.8, 4) is 0 Å². The summed E-state index contributed by atoms with van der Waals surface area (Å²) in [6.07, 6.45) is 1.89. The molecule has 7 nitrogen and oxygen atoms in total. The lowest BCUT2D eigenvalue weighted by molar-refractivity contribution is 0.0901. The first-order valence-electron chi connectivity index (χ1n) is 7.79. The van der Waals surface area contributed by atoms with Crippen LogP contribution in [0.3, 0.4) is 0 Å². The lowest BCUT2D eigenvalue weighted by atomic mass is 10.2. The van der Waals surface area contributed by atoms with Gasteiger partial charge in [-0.2, -0.15) is 0 Å². The highest BCUT2D eigenvalue weighted by Crippen LogP contribution is 2.30. The summed E-state index contributed by atoms with van der Waals surface area (Å²) in [7, 11) is -3.85. The number of hydrogen-bond acceptors (Lipinski definition) is 5. The third-order valence-electron chi connectivity index (χ3n) is 3.78. The van der Waals surface area contributed by atoms with Gasteiger partial charge in [0.1, 0.15) is 16.8 Å². The molecule has 26 heavy (non-hydrogen) atoms. The van der Waals surface area contributed by atoms with Crippen LogP contribution in [-0.4, -0.2) is 32.0 Å². The molecule has 1 heterocycles. The molecular formula is C16H16Cl2N2O5S. The van der Waals surface area contributed by atoms with E-state index < -0.39 is 22.0 Å². The van der Waals surface area contributed by atoms with Crippen LogP contribution < -0.4 is 10.0 Å². The molecule has 1 saturated carbocycles. The number of carbonyl (C=O) groups is 1. The normalized spacial score (nSPS) is 15.7. The molecule has 1 fully saturated rings. The summed E-state index contributed by atoms with van der Waals surface area (Å²) in [5.41, 5.74) is -0.0566. The summed E-state index contributed by atoms with van der Waals surface area (Å²) < 4.78 is 32.3. The summed E-state index contributed by atoms with van der Waals surface area (Å²) in [6.45, 7) is -0.131. The van der Waals surface area contributed by atoms with Gasteiger partial charge in [-0.05, 0) is 37.1 Å². The minimum absolute atomic E-state index is 0.00496. The Morgan fingerprint density at radius 3 is 2.65 bits per heavy atom. The molecule has 0 aliphatic heterocycles. The highest BCUT2D eigenvalue weighted by molar-refractivity contribution is 7.89. The van der Waals surface area contributed by atoms with Crippen LogP contribution in [0.1, 0.15) is 35.1 Å². The van der Waals surface area contributed by atoms with E-state index >= 15 is 0 Å². The molecule has 1 aromatic heterocycles. The average Bonchev–Trinajstić information content (AvgIpc) is 3.20. The topological polar surface area (TPSA) is 109 Å². The molecule has 140 valence electrons. The van der Waals surface area contributed by atoms with Crippen LogP contribution in [-0.2, 0) is 10.0 Å². The number of halogens is 2. The van der Waals surface area contributed by atoms with Crippen molar-refractivity contribution in [1.29, 1.82) is 0 Å². The van der Waals surface area contributed by atoms with E-state index in [1.807, 2.05) is 0 Å². The van der Waals surface area contributed by atoms with Gasteiger partial charge < -0.3 is 14.8 Å². The van der Waals surface area contributed by atoms with Gasteiger partial charge >= 0.3 is 0 Å². The predicted molar refractivity (Wildman–Crippen MR) is 95.8 cm³/mol. The number of aliphatic hydroxyl groups excluding tert-OH is 1.